The van der Waals surface area contributed by atoms with Crippen molar-refractivity contribution in [1.82, 2.24) is 5.43 Å². The number of hydrogen-bond acceptors (Lipinski definition) is 3. The summed E-state index contributed by atoms with van der Waals surface area (Å²) >= 11 is 0. The maximum atomic E-state index is 10.2. The zero-order valence-electron chi connectivity index (χ0n) is 12.2. The quantitative estimate of drug-likeness (QED) is 0.841. The molecule has 0 spiro atoms. The van der Waals surface area contributed by atoms with Crippen molar-refractivity contribution in [1.29, 1.82) is 0 Å². The van der Waals surface area contributed by atoms with E-state index in [9.17, 15) is 5.11 Å². The average Bonchev–Trinajstić information content (AvgIpc) is 2.56. The Morgan fingerprint density at radius 2 is 1.33 bits per heavy atom. The fourth-order valence-corrected chi connectivity index (χ4v) is 2.88. The summed E-state index contributed by atoms with van der Waals surface area (Å²) in [6, 6.07) is 20.6. The molecule has 3 rings (SSSR count). The molecule has 21 heavy (non-hydrogen) atoms. The van der Waals surface area contributed by atoms with Crippen molar-refractivity contribution in [3.8, 4) is 0 Å². The van der Waals surface area contributed by atoms with Crippen molar-refractivity contribution >= 4 is 11.4 Å². The van der Waals surface area contributed by atoms with E-state index in [0.29, 0.717) is 0 Å². The van der Waals surface area contributed by atoms with E-state index < -0.39 is 0 Å². The molecule has 0 unspecified atom stereocenters. The molecule has 2 aromatic carbocycles. The molecule has 2 atom stereocenters. The molecule has 110 valence electrons. The Morgan fingerprint density at radius 3 is 1.86 bits per heavy atom. The summed E-state index contributed by atoms with van der Waals surface area (Å²) in [6.45, 7) is 0. The maximum Gasteiger partial charge on any atom is 0.0711 e. The Hall–Kier alpha value is -1.84. The van der Waals surface area contributed by atoms with Crippen molar-refractivity contribution in [2.45, 2.75) is 37.8 Å². The molecule has 0 radical (unpaired) electrons. The normalized spacial score (nSPS) is 22.0. The molecule has 0 amide bonds. The van der Waals surface area contributed by atoms with E-state index in [-0.39, 0.29) is 12.1 Å². The van der Waals surface area contributed by atoms with E-state index in [0.717, 1.165) is 30.6 Å². The molecule has 0 aliphatic heterocycles. The van der Waals surface area contributed by atoms with Gasteiger partial charge in [-0.3, -0.25) is 5.01 Å². The molecule has 1 aliphatic carbocycles. The van der Waals surface area contributed by atoms with Crippen LogP contribution in [-0.4, -0.2) is 17.3 Å². The average molecular weight is 282 g/mol. The summed E-state index contributed by atoms with van der Waals surface area (Å²) in [7, 11) is 0. The van der Waals surface area contributed by atoms with Crippen LogP contribution in [0.5, 0.6) is 0 Å². The standard InChI is InChI=1S/C18H22N2O/c21-18-14-8-7-13-17(18)19-20(15-9-3-1-4-10-15)16-11-5-2-6-12-16/h1-6,9-12,17-19,21H,7-8,13-14H2/t17-,18+/m0/s1. The van der Waals surface area contributed by atoms with E-state index in [1.165, 1.54) is 6.42 Å². The Balaban J connectivity index is 1.86. The molecule has 2 aromatic rings. The second-order valence-electron chi connectivity index (χ2n) is 5.59. The summed E-state index contributed by atoms with van der Waals surface area (Å²) in [5.41, 5.74) is 5.69. The highest BCUT2D eigenvalue weighted by atomic mass is 16.3. The molecular formula is C18H22N2O. The Labute approximate surface area is 126 Å². The minimum Gasteiger partial charge on any atom is -0.391 e. The highest BCUT2D eigenvalue weighted by Crippen LogP contribution is 2.26. The van der Waals surface area contributed by atoms with Crippen LogP contribution in [0, 0.1) is 0 Å². The van der Waals surface area contributed by atoms with Gasteiger partial charge in [0, 0.05) is 0 Å². The number of anilines is 2. The summed E-state index contributed by atoms with van der Waals surface area (Å²) in [5, 5.41) is 12.3. The van der Waals surface area contributed by atoms with Crippen LogP contribution in [0.2, 0.25) is 0 Å². The van der Waals surface area contributed by atoms with Crippen LogP contribution in [0.25, 0.3) is 0 Å². The smallest absolute Gasteiger partial charge is 0.0711 e. The number of rotatable bonds is 4. The highest BCUT2D eigenvalue weighted by Gasteiger charge is 2.25. The monoisotopic (exact) mass is 282 g/mol. The number of para-hydroxylation sites is 2. The Morgan fingerprint density at radius 1 is 0.810 bits per heavy atom. The van der Waals surface area contributed by atoms with Crippen molar-refractivity contribution in [3.63, 3.8) is 0 Å². The first-order valence-corrected chi connectivity index (χ1v) is 7.69. The van der Waals surface area contributed by atoms with Gasteiger partial charge in [-0.15, -0.1) is 0 Å². The van der Waals surface area contributed by atoms with Crippen molar-refractivity contribution in [3.05, 3.63) is 60.7 Å². The number of aliphatic hydroxyl groups is 1. The first-order valence-electron chi connectivity index (χ1n) is 7.69. The van der Waals surface area contributed by atoms with Gasteiger partial charge in [-0.2, -0.15) is 0 Å². The van der Waals surface area contributed by atoms with Crippen LogP contribution in [0.4, 0.5) is 11.4 Å². The van der Waals surface area contributed by atoms with Crippen LogP contribution < -0.4 is 10.4 Å². The fourth-order valence-electron chi connectivity index (χ4n) is 2.88. The van der Waals surface area contributed by atoms with Crippen LogP contribution in [0.3, 0.4) is 0 Å². The molecule has 3 heteroatoms. The first kappa shape index (κ1) is 14.1. The van der Waals surface area contributed by atoms with Gasteiger partial charge in [0.2, 0.25) is 0 Å². The Bertz CT molecular complexity index is 504. The lowest BCUT2D eigenvalue weighted by atomic mass is 9.93. The summed E-state index contributed by atoms with van der Waals surface area (Å²) in [6.07, 6.45) is 3.92. The van der Waals surface area contributed by atoms with Gasteiger partial charge in [-0.25, -0.2) is 5.43 Å². The second-order valence-corrected chi connectivity index (χ2v) is 5.59. The number of aliphatic hydroxyl groups excluding tert-OH is 1. The van der Waals surface area contributed by atoms with Gasteiger partial charge >= 0.3 is 0 Å². The van der Waals surface area contributed by atoms with Gasteiger partial charge < -0.3 is 5.11 Å². The summed E-state index contributed by atoms with van der Waals surface area (Å²) in [5.74, 6) is 0. The minimum absolute atomic E-state index is 0.110. The van der Waals surface area contributed by atoms with Gasteiger partial charge in [0.25, 0.3) is 0 Å². The summed E-state index contributed by atoms with van der Waals surface area (Å²) < 4.78 is 0. The Kier molecular flexibility index (Phi) is 4.53. The molecule has 2 N–H and O–H groups in total. The lowest BCUT2D eigenvalue weighted by molar-refractivity contribution is 0.0912. The van der Waals surface area contributed by atoms with Gasteiger partial charge in [-0.05, 0) is 37.1 Å². The lowest BCUT2D eigenvalue weighted by Crippen LogP contribution is -2.49. The molecule has 0 aromatic heterocycles. The van der Waals surface area contributed by atoms with E-state index in [1.807, 2.05) is 36.4 Å². The van der Waals surface area contributed by atoms with Crippen LogP contribution in [0.15, 0.2) is 60.7 Å². The minimum atomic E-state index is -0.270. The van der Waals surface area contributed by atoms with Crippen LogP contribution in [-0.2, 0) is 0 Å². The largest absolute Gasteiger partial charge is 0.391 e. The molecule has 3 nitrogen and oxygen atoms in total. The van der Waals surface area contributed by atoms with Crippen LogP contribution >= 0.6 is 0 Å². The molecule has 0 saturated heterocycles. The van der Waals surface area contributed by atoms with Crippen molar-refractivity contribution in [2.75, 3.05) is 5.01 Å². The van der Waals surface area contributed by atoms with Gasteiger partial charge in [0.05, 0.1) is 23.5 Å². The van der Waals surface area contributed by atoms with Gasteiger partial charge in [-0.1, -0.05) is 49.2 Å². The third-order valence-corrected chi connectivity index (χ3v) is 4.05. The molecule has 1 fully saturated rings. The predicted molar refractivity (Wildman–Crippen MR) is 86.4 cm³/mol. The van der Waals surface area contributed by atoms with Gasteiger partial charge in [0.1, 0.15) is 0 Å². The van der Waals surface area contributed by atoms with Gasteiger partial charge in [0.15, 0.2) is 0 Å². The van der Waals surface area contributed by atoms with E-state index in [4.69, 9.17) is 0 Å². The zero-order chi connectivity index (χ0) is 14.5. The number of hydrogen-bond donors (Lipinski definition) is 2. The number of benzene rings is 2. The van der Waals surface area contributed by atoms with Crippen molar-refractivity contribution < 1.29 is 5.11 Å². The lowest BCUT2D eigenvalue weighted by Gasteiger charge is -2.35. The van der Waals surface area contributed by atoms with E-state index >= 15 is 0 Å². The fraction of sp³-hybridized carbons (Fsp3) is 0.333. The van der Waals surface area contributed by atoms with Crippen LogP contribution in [0.1, 0.15) is 25.7 Å². The van der Waals surface area contributed by atoms with E-state index in [1.54, 1.807) is 0 Å². The molecule has 0 bridgehead atoms. The van der Waals surface area contributed by atoms with Crippen molar-refractivity contribution in [2.24, 2.45) is 0 Å². The zero-order valence-corrected chi connectivity index (χ0v) is 12.2. The second kappa shape index (κ2) is 6.74. The summed E-state index contributed by atoms with van der Waals surface area (Å²) in [4.78, 5) is 0. The molecular weight excluding hydrogens is 260 g/mol. The third kappa shape index (κ3) is 3.43. The SMILES string of the molecule is O[C@@H]1CCCC[C@@H]1NN(c1ccccc1)c1ccccc1. The maximum absolute atomic E-state index is 10.2. The molecule has 1 saturated carbocycles. The first-order chi connectivity index (χ1) is 10.3. The third-order valence-electron chi connectivity index (χ3n) is 4.05. The van der Waals surface area contributed by atoms with E-state index in [2.05, 4.69) is 34.7 Å². The highest BCUT2D eigenvalue weighted by molar-refractivity contribution is 5.61. The number of nitrogens with zero attached hydrogens (tertiary/aromatic N) is 1. The number of hydrazine groups is 1. The topological polar surface area (TPSA) is 35.5 Å². The number of nitrogens with one attached hydrogen (secondary N) is 1. The molecule has 1 aliphatic rings. The predicted octanol–water partition coefficient (Wildman–Crippen LogP) is 3.63. The molecule has 0 heterocycles.